The fraction of sp³-hybridized carbons (Fsp3) is 0.364. The third-order valence-corrected chi connectivity index (χ3v) is 7.35. The van der Waals surface area contributed by atoms with Crippen molar-refractivity contribution in [1.82, 2.24) is 14.9 Å². The van der Waals surface area contributed by atoms with Crippen molar-refractivity contribution in [3.05, 3.63) is 47.5 Å². The van der Waals surface area contributed by atoms with Gasteiger partial charge in [0.2, 0.25) is 0 Å². The Morgan fingerprint density at radius 1 is 1.16 bits per heavy atom. The number of anilines is 2. The van der Waals surface area contributed by atoms with Gasteiger partial charge in [-0.05, 0) is 18.2 Å². The minimum atomic E-state index is -0.467. The predicted molar refractivity (Wildman–Crippen MR) is 123 cm³/mol. The quantitative estimate of drug-likeness (QED) is 0.348. The molecule has 0 amide bonds. The number of fused-ring (bicyclic) bond motifs is 1. The average Bonchev–Trinajstić information content (AvgIpc) is 2.79. The van der Waals surface area contributed by atoms with Crippen LogP contribution in [0.2, 0.25) is 15.7 Å². The molecule has 2 aromatic carbocycles. The van der Waals surface area contributed by atoms with Crippen molar-refractivity contribution < 1.29 is 13.9 Å². The van der Waals surface area contributed by atoms with Gasteiger partial charge in [0.05, 0.1) is 5.02 Å². The molecule has 0 radical (unpaired) electrons. The van der Waals surface area contributed by atoms with Crippen molar-refractivity contribution in [3.8, 4) is 11.5 Å². The van der Waals surface area contributed by atoms with Crippen molar-refractivity contribution in [2.45, 2.75) is 17.1 Å². The van der Waals surface area contributed by atoms with Crippen molar-refractivity contribution in [3.63, 3.8) is 0 Å². The summed E-state index contributed by atoms with van der Waals surface area (Å²) in [5, 5.41) is 6.70. The number of methoxy groups -OCH3 is 1. The van der Waals surface area contributed by atoms with Crippen LogP contribution in [0, 0.1) is 5.82 Å². The number of halogens is 2. The maximum atomic E-state index is 13.5. The molecule has 4 rings (SSSR count). The summed E-state index contributed by atoms with van der Waals surface area (Å²) in [7, 11) is 1.62. The van der Waals surface area contributed by atoms with Gasteiger partial charge >= 0.3 is 135 Å². The Bertz CT molecular complexity index is 1050. The molecule has 1 aliphatic heterocycles. The molecule has 31 heavy (non-hydrogen) atoms. The summed E-state index contributed by atoms with van der Waals surface area (Å²) in [5.41, 5.74) is 1.35. The molecule has 1 saturated heterocycles. The topological polar surface area (TPSA) is 59.5 Å². The predicted octanol–water partition coefficient (Wildman–Crippen LogP) is 4.80. The molecule has 0 spiro atoms. The Morgan fingerprint density at radius 2 is 2.00 bits per heavy atom. The van der Waals surface area contributed by atoms with Gasteiger partial charge in [-0.3, -0.25) is 0 Å². The Hall–Kier alpha value is -2.12. The van der Waals surface area contributed by atoms with Crippen LogP contribution >= 0.6 is 11.6 Å². The fourth-order valence-corrected chi connectivity index (χ4v) is 5.68. The van der Waals surface area contributed by atoms with Crippen LogP contribution in [0.5, 0.6) is 11.5 Å². The van der Waals surface area contributed by atoms with Crippen LogP contribution in [0.4, 0.5) is 15.9 Å². The van der Waals surface area contributed by atoms with E-state index >= 15 is 0 Å². The van der Waals surface area contributed by atoms with E-state index in [0.29, 0.717) is 35.1 Å². The van der Waals surface area contributed by atoms with E-state index < -0.39 is 5.82 Å². The van der Waals surface area contributed by atoms with Crippen LogP contribution in [-0.2, 0) is 0 Å². The molecule has 6 nitrogen and oxygen atoms in total. The van der Waals surface area contributed by atoms with Crippen molar-refractivity contribution in [2.24, 2.45) is 0 Å². The number of ether oxygens (including phenoxy) is 2. The van der Waals surface area contributed by atoms with E-state index in [9.17, 15) is 4.39 Å². The SMILES string of the molecule is COc1cc2ncnc(Nc3ccc(F)c(Cl)c3)c2cc1OCCCN1CC[Se]CC1. The summed E-state index contributed by atoms with van der Waals surface area (Å²) in [4.78, 5) is 11.2. The molecule has 1 fully saturated rings. The molecule has 164 valence electrons. The van der Waals surface area contributed by atoms with Crippen molar-refractivity contribution >= 4 is 49.0 Å². The first kappa shape index (κ1) is 22.1. The molecule has 3 aromatic rings. The van der Waals surface area contributed by atoms with Crippen LogP contribution < -0.4 is 14.8 Å². The van der Waals surface area contributed by atoms with Crippen molar-refractivity contribution in [1.29, 1.82) is 0 Å². The van der Waals surface area contributed by atoms with Gasteiger partial charge in [-0.1, -0.05) is 11.6 Å². The molecule has 0 saturated carbocycles. The molecule has 0 aliphatic carbocycles. The van der Waals surface area contributed by atoms with Crippen LogP contribution in [0.3, 0.4) is 0 Å². The second-order valence-corrected chi connectivity index (χ2v) is 10.1. The van der Waals surface area contributed by atoms with Gasteiger partial charge < -0.3 is 0 Å². The Morgan fingerprint density at radius 3 is 2.77 bits per heavy atom. The fourth-order valence-electron chi connectivity index (χ4n) is 3.44. The van der Waals surface area contributed by atoms with Crippen LogP contribution in [0.15, 0.2) is 36.7 Å². The van der Waals surface area contributed by atoms with E-state index in [1.807, 2.05) is 12.1 Å². The van der Waals surface area contributed by atoms with E-state index in [1.165, 1.54) is 42.2 Å². The van der Waals surface area contributed by atoms with Crippen LogP contribution in [0.25, 0.3) is 10.9 Å². The molecule has 0 atom stereocenters. The third kappa shape index (κ3) is 5.57. The second kappa shape index (κ2) is 10.5. The summed E-state index contributed by atoms with van der Waals surface area (Å²) in [5.74, 6) is 1.38. The second-order valence-electron chi connectivity index (χ2n) is 7.15. The summed E-state index contributed by atoms with van der Waals surface area (Å²) in [6.45, 7) is 4.07. The average molecular weight is 510 g/mol. The number of hydrogen-bond donors (Lipinski definition) is 1. The summed E-state index contributed by atoms with van der Waals surface area (Å²) < 4.78 is 25.1. The molecule has 2 heterocycles. The first-order valence-corrected chi connectivity index (χ1v) is 12.9. The van der Waals surface area contributed by atoms with Gasteiger partial charge in [0.15, 0.2) is 0 Å². The van der Waals surface area contributed by atoms with Gasteiger partial charge in [0.1, 0.15) is 12.1 Å². The first-order chi connectivity index (χ1) is 15.1. The summed E-state index contributed by atoms with van der Waals surface area (Å²) in [6, 6.07) is 8.16. The van der Waals surface area contributed by atoms with E-state index in [2.05, 4.69) is 20.2 Å². The van der Waals surface area contributed by atoms with Gasteiger partial charge in [0, 0.05) is 5.69 Å². The maximum absolute atomic E-state index is 13.5. The number of nitrogens with one attached hydrogen (secondary N) is 1. The molecule has 1 aliphatic rings. The number of aromatic nitrogens is 2. The normalized spacial score (nSPS) is 14.5. The first-order valence-electron chi connectivity index (χ1n) is 10.1. The standard InChI is InChI=1S/C22H24ClFN4O2Se/c1-29-20-13-19-16(12-21(20)30-8-2-5-28-6-9-31-10-7-28)22(26-14-25-19)27-15-3-4-18(24)17(23)11-15/h3-4,11-14H,2,5-10H2,1H3,(H,25,26,27). The molecular formula is C22H24ClFN4O2Se. The van der Waals surface area contributed by atoms with Gasteiger partial charge in [0.25, 0.3) is 0 Å². The van der Waals surface area contributed by atoms with E-state index in [0.717, 1.165) is 33.3 Å². The molecule has 0 bridgehead atoms. The molecular weight excluding hydrogens is 486 g/mol. The van der Waals surface area contributed by atoms with E-state index in [1.54, 1.807) is 13.2 Å². The zero-order valence-corrected chi connectivity index (χ0v) is 19.7. The third-order valence-electron chi connectivity index (χ3n) is 5.08. The van der Waals surface area contributed by atoms with Gasteiger partial charge in [-0.25, -0.2) is 4.39 Å². The minimum absolute atomic E-state index is 0.0452. The van der Waals surface area contributed by atoms with E-state index in [-0.39, 0.29) is 5.02 Å². The number of benzene rings is 2. The molecule has 9 heteroatoms. The van der Waals surface area contributed by atoms with Crippen LogP contribution in [-0.4, -0.2) is 63.2 Å². The summed E-state index contributed by atoms with van der Waals surface area (Å²) >= 11 is 6.74. The zero-order chi connectivity index (χ0) is 21.6. The van der Waals surface area contributed by atoms with Crippen molar-refractivity contribution in [2.75, 3.05) is 38.7 Å². The van der Waals surface area contributed by atoms with Gasteiger partial charge in [-0.2, -0.15) is 0 Å². The Labute approximate surface area is 192 Å². The van der Waals surface area contributed by atoms with Crippen LogP contribution in [0.1, 0.15) is 6.42 Å². The number of nitrogens with zero attached hydrogens (tertiary/aromatic N) is 3. The van der Waals surface area contributed by atoms with Gasteiger partial charge in [-0.15, -0.1) is 0 Å². The van der Waals surface area contributed by atoms with E-state index in [4.69, 9.17) is 21.1 Å². The molecule has 0 unspecified atom stereocenters. The number of rotatable bonds is 8. The Balaban J connectivity index is 1.51. The summed E-state index contributed by atoms with van der Waals surface area (Å²) in [6.07, 6.45) is 2.42. The number of hydrogen-bond acceptors (Lipinski definition) is 6. The molecule has 1 N–H and O–H groups in total. The zero-order valence-electron chi connectivity index (χ0n) is 17.2. The monoisotopic (exact) mass is 510 g/mol. The molecule has 1 aromatic heterocycles. The Kier molecular flexibility index (Phi) is 7.45.